The van der Waals surface area contributed by atoms with Crippen LogP contribution in [0.2, 0.25) is 0 Å². The van der Waals surface area contributed by atoms with Gasteiger partial charge in [0.1, 0.15) is 19.4 Å². The fourth-order valence-corrected chi connectivity index (χ4v) is 2.24. The number of rotatable bonds is 0. The predicted molar refractivity (Wildman–Crippen MR) is 59.1 cm³/mol. The zero-order valence-corrected chi connectivity index (χ0v) is 8.16. The molecule has 14 heavy (non-hydrogen) atoms. The molecule has 1 aromatic rings. The standard InChI is InChI=1S/C12H11BO/c13-10-6-3-5-9-8-4-1-2-7-11(8)14-12(9)10/h1-4,6-7,9H,5,13H2. The molecule has 0 radical (unpaired) electrons. The normalized spacial score (nSPS) is 23.0. The second kappa shape index (κ2) is 2.78. The van der Waals surface area contributed by atoms with E-state index in [1.165, 1.54) is 11.0 Å². The third-order valence-corrected chi connectivity index (χ3v) is 2.96. The Labute approximate surface area is 84.5 Å². The highest BCUT2D eigenvalue weighted by molar-refractivity contribution is 6.24. The van der Waals surface area contributed by atoms with E-state index in [4.69, 9.17) is 4.74 Å². The summed E-state index contributed by atoms with van der Waals surface area (Å²) in [6, 6.07) is 8.33. The van der Waals surface area contributed by atoms with Crippen molar-refractivity contribution in [2.75, 3.05) is 0 Å². The molecule has 0 saturated carbocycles. The molecule has 1 nitrogen and oxygen atoms in total. The van der Waals surface area contributed by atoms with Gasteiger partial charge in [0.25, 0.3) is 0 Å². The van der Waals surface area contributed by atoms with Crippen LogP contribution in [0.3, 0.4) is 0 Å². The molecule has 1 aliphatic carbocycles. The Bertz CT molecular complexity index is 445. The molecule has 1 atom stereocenters. The van der Waals surface area contributed by atoms with Crippen LogP contribution in [0.4, 0.5) is 0 Å². The molecule has 0 fully saturated rings. The highest BCUT2D eigenvalue weighted by atomic mass is 16.5. The van der Waals surface area contributed by atoms with Crippen LogP contribution in [0.5, 0.6) is 5.75 Å². The van der Waals surface area contributed by atoms with Crippen molar-refractivity contribution < 1.29 is 4.74 Å². The van der Waals surface area contributed by atoms with Crippen molar-refractivity contribution in [2.45, 2.75) is 12.3 Å². The molecule has 0 N–H and O–H groups in total. The molecule has 1 unspecified atom stereocenters. The smallest absolute Gasteiger partial charge is 0.143 e. The Kier molecular flexibility index (Phi) is 1.57. The summed E-state index contributed by atoms with van der Waals surface area (Å²) in [4.78, 5) is 0. The van der Waals surface area contributed by atoms with Crippen LogP contribution >= 0.6 is 0 Å². The van der Waals surface area contributed by atoms with Crippen molar-refractivity contribution >= 4 is 7.85 Å². The number of hydrogen-bond donors (Lipinski definition) is 0. The predicted octanol–water partition coefficient (Wildman–Crippen LogP) is 1.97. The summed E-state index contributed by atoms with van der Waals surface area (Å²) < 4.78 is 5.85. The van der Waals surface area contributed by atoms with Crippen LogP contribution in [0.1, 0.15) is 17.9 Å². The van der Waals surface area contributed by atoms with E-state index < -0.39 is 0 Å². The van der Waals surface area contributed by atoms with Crippen LogP contribution in [0, 0.1) is 0 Å². The minimum atomic E-state index is 0.469. The van der Waals surface area contributed by atoms with Crippen LogP contribution in [0.15, 0.2) is 47.6 Å². The van der Waals surface area contributed by atoms with Gasteiger partial charge in [0.05, 0.1) is 0 Å². The van der Waals surface area contributed by atoms with Crippen molar-refractivity contribution in [3.05, 3.63) is 53.2 Å². The first-order chi connectivity index (χ1) is 6.86. The molecule has 3 rings (SSSR count). The number of allylic oxidation sites excluding steroid dienone is 4. The fourth-order valence-electron chi connectivity index (χ4n) is 2.24. The Balaban J connectivity index is 2.16. The lowest BCUT2D eigenvalue weighted by Crippen LogP contribution is -2.05. The maximum atomic E-state index is 5.85. The van der Waals surface area contributed by atoms with Crippen molar-refractivity contribution in [1.82, 2.24) is 0 Å². The van der Waals surface area contributed by atoms with E-state index in [2.05, 4.69) is 32.1 Å². The zero-order chi connectivity index (χ0) is 9.54. The van der Waals surface area contributed by atoms with Crippen LogP contribution < -0.4 is 4.74 Å². The van der Waals surface area contributed by atoms with Gasteiger partial charge in [-0.15, -0.1) is 0 Å². The minimum absolute atomic E-state index is 0.469. The van der Waals surface area contributed by atoms with E-state index >= 15 is 0 Å². The lowest BCUT2D eigenvalue weighted by Gasteiger charge is -2.14. The van der Waals surface area contributed by atoms with E-state index in [1.807, 2.05) is 12.1 Å². The summed E-state index contributed by atoms with van der Waals surface area (Å²) in [7, 11) is 2.11. The van der Waals surface area contributed by atoms with E-state index in [1.54, 1.807) is 0 Å². The van der Waals surface area contributed by atoms with Gasteiger partial charge in [-0.25, -0.2) is 0 Å². The first-order valence-electron chi connectivity index (χ1n) is 5.00. The van der Waals surface area contributed by atoms with Crippen LogP contribution in [-0.2, 0) is 0 Å². The molecule has 0 saturated heterocycles. The SMILES string of the molecule is BC1=C2Oc3ccccc3C2CC=C1. The van der Waals surface area contributed by atoms with Gasteiger partial charge in [0.15, 0.2) is 0 Å². The molecule has 1 heterocycles. The number of hydrogen-bond acceptors (Lipinski definition) is 1. The van der Waals surface area contributed by atoms with E-state index in [0.717, 1.165) is 17.9 Å². The van der Waals surface area contributed by atoms with Crippen LogP contribution in [0.25, 0.3) is 0 Å². The molecular weight excluding hydrogens is 171 g/mol. The summed E-state index contributed by atoms with van der Waals surface area (Å²) in [5.74, 6) is 2.65. The third-order valence-electron chi connectivity index (χ3n) is 2.96. The Morgan fingerprint density at radius 2 is 2.14 bits per heavy atom. The van der Waals surface area contributed by atoms with Crippen LogP contribution in [-0.4, -0.2) is 7.85 Å². The lowest BCUT2D eigenvalue weighted by molar-refractivity contribution is 0.423. The maximum Gasteiger partial charge on any atom is 0.143 e. The Hall–Kier alpha value is -1.44. The van der Waals surface area contributed by atoms with Gasteiger partial charge in [0, 0.05) is 11.5 Å². The summed E-state index contributed by atoms with van der Waals surface area (Å²) >= 11 is 0. The first kappa shape index (κ1) is 7.92. The summed E-state index contributed by atoms with van der Waals surface area (Å²) in [6.07, 6.45) is 5.45. The molecule has 68 valence electrons. The molecule has 0 spiro atoms. The maximum absolute atomic E-state index is 5.85. The van der Waals surface area contributed by atoms with Gasteiger partial charge in [-0.1, -0.05) is 35.8 Å². The average Bonchev–Trinajstić information content (AvgIpc) is 2.59. The van der Waals surface area contributed by atoms with Crippen molar-refractivity contribution in [3.8, 4) is 5.75 Å². The average molecular weight is 182 g/mol. The van der Waals surface area contributed by atoms with Crippen molar-refractivity contribution in [1.29, 1.82) is 0 Å². The quantitative estimate of drug-likeness (QED) is 0.557. The number of ether oxygens (including phenoxy) is 1. The minimum Gasteiger partial charge on any atom is -0.461 e. The molecule has 0 aromatic heterocycles. The highest BCUT2D eigenvalue weighted by Gasteiger charge is 2.30. The second-order valence-electron chi connectivity index (χ2n) is 3.88. The fraction of sp³-hybridized carbons (Fsp3) is 0.167. The summed E-state index contributed by atoms with van der Waals surface area (Å²) in [5, 5.41) is 0. The van der Waals surface area contributed by atoms with Gasteiger partial charge in [-0.2, -0.15) is 0 Å². The van der Waals surface area contributed by atoms with Gasteiger partial charge >= 0.3 is 0 Å². The van der Waals surface area contributed by atoms with Crippen molar-refractivity contribution in [2.24, 2.45) is 0 Å². The summed E-state index contributed by atoms with van der Waals surface area (Å²) in [6.45, 7) is 0. The molecule has 0 amide bonds. The number of para-hydroxylation sites is 1. The number of benzene rings is 1. The van der Waals surface area contributed by atoms with E-state index in [0.29, 0.717) is 5.92 Å². The highest BCUT2D eigenvalue weighted by Crippen LogP contribution is 2.45. The third kappa shape index (κ3) is 0.970. The first-order valence-corrected chi connectivity index (χ1v) is 5.00. The zero-order valence-electron chi connectivity index (χ0n) is 8.16. The molecule has 0 bridgehead atoms. The Morgan fingerprint density at radius 1 is 1.29 bits per heavy atom. The van der Waals surface area contributed by atoms with Gasteiger partial charge in [-0.05, 0) is 12.5 Å². The van der Waals surface area contributed by atoms with Gasteiger partial charge in [0.2, 0.25) is 0 Å². The largest absolute Gasteiger partial charge is 0.461 e. The van der Waals surface area contributed by atoms with Gasteiger partial charge in [-0.3, -0.25) is 0 Å². The molecule has 1 aliphatic heterocycles. The molecule has 2 aliphatic rings. The summed E-state index contributed by atoms with van der Waals surface area (Å²) in [5.41, 5.74) is 2.60. The van der Waals surface area contributed by atoms with Gasteiger partial charge < -0.3 is 4.74 Å². The topological polar surface area (TPSA) is 9.23 Å². The molecule has 2 heteroatoms. The van der Waals surface area contributed by atoms with E-state index in [9.17, 15) is 0 Å². The van der Waals surface area contributed by atoms with Crippen molar-refractivity contribution in [3.63, 3.8) is 0 Å². The molecule has 1 aromatic carbocycles. The van der Waals surface area contributed by atoms with E-state index in [-0.39, 0.29) is 0 Å². The monoisotopic (exact) mass is 182 g/mol. The Morgan fingerprint density at radius 3 is 3.07 bits per heavy atom. The molecular formula is C12H11BO. The number of fused-ring (bicyclic) bond motifs is 3. The second-order valence-corrected chi connectivity index (χ2v) is 3.88. The lowest BCUT2D eigenvalue weighted by atomic mass is 9.82.